The van der Waals surface area contributed by atoms with Crippen LogP contribution < -0.4 is 0 Å². The molecule has 10 heteroatoms. The number of allylic oxidation sites excluding steroid dienone is 2. The monoisotopic (exact) mass is 749 g/mol. The highest BCUT2D eigenvalue weighted by Gasteiger charge is 2.26. The minimum Gasteiger partial charge on any atom is -0.457 e. The first-order valence-electron chi connectivity index (χ1n) is 21.2. The molecule has 0 aliphatic heterocycles. The van der Waals surface area contributed by atoms with Crippen LogP contribution in [0, 0.1) is 0 Å². The van der Waals surface area contributed by atoms with Crippen LogP contribution in [0.5, 0.6) is 0 Å². The van der Waals surface area contributed by atoms with E-state index >= 15 is 0 Å². The van der Waals surface area contributed by atoms with Crippen molar-refractivity contribution in [1.29, 1.82) is 0 Å². The molecule has 0 radical (unpaired) electrons. The summed E-state index contributed by atoms with van der Waals surface area (Å²) in [7, 11) is -4.51. The molecule has 51 heavy (non-hydrogen) atoms. The minimum absolute atomic E-state index is 0.0504. The summed E-state index contributed by atoms with van der Waals surface area (Å²) >= 11 is 0. The molecule has 0 aromatic rings. The van der Waals surface area contributed by atoms with E-state index in [4.69, 9.17) is 23.6 Å². The Bertz CT molecular complexity index is 810. The molecule has 0 saturated carbocycles. The molecule has 0 bridgehead atoms. The number of carbonyl (C=O) groups is 1. The highest BCUT2D eigenvalue weighted by atomic mass is 31.2. The summed E-state index contributed by atoms with van der Waals surface area (Å²) in [6.45, 7) is 3.53. The molecular formula is C41H81O9P. The van der Waals surface area contributed by atoms with E-state index in [0.29, 0.717) is 6.61 Å². The third-order valence-corrected chi connectivity index (χ3v) is 10.2. The van der Waals surface area contributed by atoms with Crippen molar-refractivity contribution in [2.45, 2.75) is 212 Å². The Hall–Kier alpha value is -0.800. The normalized spacial score (nSPS) is 14.2. The molecule has 0 rings (SSSR count). The molecule has 0 aromatic carbocycles. The van der Waals surface area contributed by atoms with Crippen LogP contribution >= 0.6 is 7.82 Å². The van der Waals surface area contributed by atoms with Crippen LogP contribution in [-0.4, -0.2) is 66.3 Å². The van der Waals surface area contributed by atoms with Gasteiger partial charge in [0.05, 0.1) is 26.4 Å². The van der Waals surface area contributed by atoms with E-state index in [2.05, 4.69) is 26.0 Å². The standard InChI is InChI=1S/C41H81O9P/c1-3-5-7-9-11-13-15-17-19-21-23-25-27-29-31-33-41(44)50-40(38-49-51(45,46)48-36-39(43)35-42)37-47-34-32-30-28-26-24-22-20-18-16-14-12-10-8-6-4-2/h16,18,39-40,42-43H,3-15,17,19-38H2,1-2H3,(H,45,46)/b18-16-. The molecule has 0 fully saturated rings. The van der Waals surface area contributed by atoms with Gasteiger partial charge in [-0.25, -0.2) is 4.57 Å². The van der Waals surface area contributed by atoms with Gasteiger partial charge in [0.25, 0.3) is 0 Å². The lowest BCUT2D eigenvalue weighted by atomic mass is 10.0. The fourth-order valence-electron chi connectivity index (χ4n) is 5.94. The Morgan fingerprint density at radius 3 is 1.47 bits per heavy atom. The van der Waals surface area contributed by atoms with Gasteiger partial charge >= 0.3 is 13.8 Å². The predicted molar refractivity (Wildman–Crippen MR) is 210 cm³/mol. The Balaban J connectivity index is 4.17. The maximum absolute atomic E-state index is 12.6. The largest absolute Gasteiger partial charge is 0.472 e. The molecule has 0 aliphatic carbocycles. The van der Waals surface area contributed by atoms with Crippen molar-refractivity contribution in [3.8, 4) is 0 Å². The van der Waals surface area contributed by atoms with Gasteiger partial charge in [0.2, 0.25) is 0 Å². The van der Waals surface area contributed by atoms with Gasteiger partial charge < -0.3 is 24.6 Å². The molecular weight excluding hydrogens is 667 g/mol. The smallest absolute Gasteiger partial charge is 0.457 e. The summed E-state index contributed by atoms with van der Waals surface area (Å²) in [5.41, 5.74) is 0. The van der Waals surface area contributed by atoms with Crippen molar-refractivity contribution < 1.29 is 43.0 Å². The molecule has 0 amide bonds. The minimum atomic E-state index is -4.51. The van der Waals surface area contributed by atoms with Crippen LogP contribution in [0.3, 0.4) is 0 Å². The second kappa shape index (κ2) is 38.9. The number of phosphoric ester groups is 1. The lowest BCUT2D eigenvalue weighted by Gasteiger charge is -2.20. The number of esters is 1. The Morgan fingerprint density at radius 2 is 1.00 bits per heavy atom. The number of hydrogen-bond acceptors (Lipinski definition) is 8. The first kappa shape index (κ1) is 50.2. The number of hydrogen-bond donors (Lipinski definition) is 3. The van der Waals surface area contributed by atoms with Crippen molar-refractivity contribution in [1.82, 2.24) is 0 Å². The number of unbranched alkanes of at least 4 members (excludes halogenated alkanes) is 25. The van der Waals surface area contributed by atoms with E-state index in [1.165, 1.54) is 135 Å². The Labute approximate surface area is 313 Å². The quantitative estimate of drug-likeness (QED) is 0.0242. The molecule has 0 spiro atoms. The highest BCUT2D eigenvalue weighted by Crippen LogP contribution is 2.43. The van der Waals surface area contributed by atoms with Crippen LogP contribution in [0.25, 0.3) is 0 Å². The van der Waals surface area contributed by atoms with E-state index in [0.717, 1.165) is 44.9 Å². The van der Waals surface area contributed by atoms with Crippen LogP contribution in [0.15, 0.2) is 12.2 Å². The Morgan fingerprint density at radius 1 is 0.588 bits per heavy atom. The van der Waals surface area contributed by atoms with Crippen molar-refractivity contribution in [2.24, 2.45) is 0 Å². The van der Waals surface area contributed by atoms with Gasteiger partial charge in [0, 0.05) is 13.0 Å². The van der Waals surface area contributed by atoms with Gasteiger partial charge in [-0.05, 0) is 38.5 Å². The average Bonchev–Trinajstić information content (AvgIpc) is 3.12. The zero-order valence-electron chi connectivity index (χ0n) is 33.1. The lowest BCUT2D eigenvalue weighted by Crippen LogP contribution is -2.29. The van der Waals surface area contributed by atoms with Gasteiger partial charge in [-0.1, -0.05) is 167 Å². The van der Waals surface area contributed by atoms with E-state index in [-0.39, 0.29) is 25.6 Å². The number of phosphoric acid groups is 1. The summed E-state index contributed by atoms with van der Waals surface area (Å²) in [6.07, 6.45) is 37.3. The third kappa shape index (κ3) is 38.7. The van der Waals surface area contributed by atoms with E-state index in [1.54, 1.807) is 0 Å². The highest BCUT2D eigenvalue weighted by molar-refractivity contribution is 7.47. The second-order valence-electron chi connectivity index (χ2n) is 14.4. The number of aliphatic hydroxyl groups is 2. The van der Waals surface area contributed by atoms with Gasteiger partial charge in [0.15, 0.2) is 0 Å². The molecule has 304 valence electrons. The first-order chi connectivity index (χ1) is 24.8. The molecule has 0 aromatic heterocycles. The fourth-order valence-corrected chi connectivity index (χ4v) is 6.73. The summed E-state index contributed by atoms with van der Waals surface area (Å²) in [4.78, 5) is 22.5. The van der Waals surface area contributed by atoms with Crippen molar-refractivity contribution in [3.05, 3.63) is 12.2 Å². The van der Waals surface area contributed by atoms with Crippen molar-refractivity contribution in [3.63, 3.8) is 0 Å². The van der Waals surface area contributed by atoms with Crippen molar-refractivity contribution in [2.75, 3.05) is 33.0 Å². The van der Waals surface area contributed by atoms with Gasteiger partial charge in [0.1, 0.15) is 12.2 Å². The molecule has 0 aliphatic rings. The van der Waals surface area contributed by atoms with Crippen LogP contribution in [0.1, 0.15) is 200 Å². The molecule has 3 atom stereocenters. The maximum Gasteiger partial charge on any atom is 0.472 e. The summed E-state index contributed by atoms with van der Waals surface area (Å²) < 4.78 is 33.3. The molecule has 9 nitrogen and oxygen atoms in total. The summed E-state index contributed by atoms with van der Waals surface area (Å²) in [6, 6.07) is 0. The zero-order chi connectivity index (χ0) is 37.5. The third-order valence-electron chi connectivity index (χ3n) is 9.20. The number of aliphatic hydroxyl groups excluding tert-OH is 2. The zero-order valence-corrected chi connectivity index (χ0v) is 34.0. The summed E-state index contributed by atoms with van der Waals surface area (Å²) in [5, 5.41) is 18.3. The van der Waals surface area contributed by atoms with Gasteiger partial charge in [-0.3, -0.25) is 13.8 Å². The van der Waals surface area contributed by atoms with Crippen LogP contribution in [0.2, 0.25) is 0 Å². The van der Waals surface area contributed by atoms with E-state index in [9.17, 15) is 19.4 Å². The molecule has 3 N–H and O–H groups in total. The van der Waals surface area contributed by atoms with E-state index < -0.39 is 33.2 Å². The molecule has 0 heterocycles. The summed E-state index contributed by atoms with van der Waals surface area (Å²) in [5.74, 6) is -0.381. The predicted octanol–water partition coefficient (Wildman–Crippen LogP) is 11.3. The number of rotatable bonds is 41. The van der Waals surface area contributed by atoms with Crippen molar-refractivity contribution >= 4 is 13.8 Å². The van der Waals surface area contributed by atoms with Crippen LogP contribution in [-0.2, 0) is 27.9 Å². The maximum atomic E-state index is 12.6. The molecule has 3 unspecified atom stereocenters. The lowest BCUT2D eigenvalue weighted by molar-refractivity contribution is -0.154. The first-order valence-corrected chi connectivity index (χ1v) is 22.7. The van der Waals surface area contributed by atoms with E-state index in [1.807, 2.05) is 0 Å². The molecule has 0 saturated heterocycles. The van der Waals surface area contributed by atoms with Gasteiger partial charge in [-0.15, -0.1) is 0 Å². The number of ether oxygens (including phenoxy) is 2. The average molecular weight is 749 g/mol. The Kier molecular flexibility index (Phi) is 38.3. The second-order valence-corrected chi connectivity index (χ2v) is 15.8. The number of carbonyl (C=O) groups excluding carboxylic acids is 1. The topological polar surface area (TPSA) is 132 Å². The van der Waals surface area contributed by atoms with Gasteiger partial charge in [-0.2, -0.15) is 0 Å². The fraction of sp³-hybridized carbons (Fsp3) is 0.927. The van der Waals surface area contributed by atoms with Crippen LogP contribution in [0.4, 0.5) is 0 Å². The SMILES string of the molecule is CCCCCCC/C=C\CCCCCCCCOCC(COP(=O)(O)OCC(O)CO)OC(=O)CCCCCCCCCCCCCCCCC.